The van der Waals surface area contributed by atoms with Gasteiger partial charge < -0.3 is 10.0 Å². The Morgan fingerprint density at radius 1 is 1.21 bits per heavy atom. The molecule has 0 radical (unpaired) electrons. The van der Waals surface area contributed by atoms with Gasteiger partial charge in [-0.1, -0.05) is 36.4 Å². The van der Waals surface area contributed by atoms with E-state index in [1.54, 1.807) is 24.4 Å². The van der Waals surface area contributed by atoms with Crippen molar-refractivity contribution in [3.05, 3.63) is 71.6 Å². The number of aliphatic hydroxyl groups is 1. The Labute approximate surface area is 164 Å². The number of nitrogens with zero attached hydrogens (tertiary/aromatic N) is 3. The van der Waals surface area contributed by atoms with E-state index in [1.807, 2.05) is 18.2 Å². The lowest BCUT2D eigenvalue weighted by Crippen LogP contribution is -2.65. The van der Waals surface area contributed by atoms with E-state index in [2.05, 4.69) is 23.2 Å². The van der Waals surface area contributed by atoms with Gasteiger partial charge >= 0.3 is 0 Å². The van der Waals surface area contributed by atoms with Crippen LogP contribution in [0, 0.1) is 11.3 Å². The van der Waals surface area contributed by atoms with E-state index in [4.69, 9.17) is 0 Å². The first kappa shape index (κ1) is 18.4. The number of nitriles is 1. The number of allylic oxidation sites excluding steroid dienone is 2. The van der Waals surface area contributed by atoms with Crippen molar-refractivity contribution < 1.29 is 9.90 Å². The third kappa shape index (κ3) is 3.10. The van der Waals surface area contributed by atoms with Crippen LogP contribution in [0.4, 0.5) is 0 Å². The molecule has 1 aromatic heterocycles. The molecule has 3 atom stereocenters. The normalized spacial score (nSPS) is 24.1. The highest BCUT2D eigenvalue weighted by Gasteiger charge is 2.52. The van der Waals surface area contributed by atoms with Gasteiger partial charge in [0.05, 0.1) is 18.7 Å². The SMILES string of the molecule is N#C[C@@H]1[C@H](c2ccccc2C2=CCCCC2)[C@H](CO)N1C(=O)c1ccccn1. The fourth-order valence-electron chi connectivity index (χ4n) is 4.44. The molecular formula is C23H23N3O2. The minimum absolute atomic E-state index is 0.186. The maximum Gasteiger partial charge on any atom is 0.273 e. The summed E-state index contributed by atoms with van der Waals surface area (Å²) in [5.41, 5.74) is 3.80. The van der Waals surface area contributed by atoms with Crippen molar-refractivity contribution in [2.45, 2.75) is 43.7 Å². The Kier molecular flexibility index (Phi) is 5.23. The van der Waals surface area contributed by atoms with E-state index in [1.165, 1.54) is 23.3 Å². The summed E-state index contributed by atoms with van der Waals surface area (Å²) in [7, 11) is 0. The molecule has 0 unspecified atom stereocenters. The Balaban J connectivity index is 1.69. The summed E-state index contributed by atoms with van der Waals surface area (Å²) in [6.45, 7) is -0.186. The zero-order chi connectivity index (χ0) is 19.5. The third-order valence-electron chi connectivity index (χ3n) is 5.81. The van der Waals surface area contributed by atoms with Gasteiger partial charge in [0.1, 0.15) is 11.7 Å². The first-order chi connectivity index (χ1) is 13.8. The Hall–Kier alpha value is -2.97. The zero-order valence-corrected chi connectivity index (χ0v) is 15.7. The highest BCUT2D eigenvalue weighted by atomic mass is 16.3. The van der Waals surface area contributed by atoms with Crippen LogP contribution in [0.5, 0.6) is 0 Å². The molecule has 0 saturated carbocycles. The van der Waals surface area contributed by atoms with Crippen LogP contribution < -0.4 is 0 Å². The first-order valence-electron chi connectivity index (χ1n) is 9.78. The van der Waals surface area contributed by atoms with Crippen LogP contribution in [0.25, 0.3) is 5.57 Å². The summed E-state index contributed by atoms with van der Waals surface area (Å²) in [5.74, 6) is -0.515. The van der Waals surface area contributed by atoms with Crippen LogP contribution in [0.2, 0.25) is 0 Å². The summed E-state index contributed by atoms with van der Waals surface area (Å²) in [6, 6.07) is 14.5. The van der Waals surface area contributed by atoms with Gasteiger partial charge in [0.2, 0.25) is 0 Å². The smallest absolute Gasteiger partial charge is 0.273 e. The molecule has 1 aliphatic carbocycles. The van der Waals surface area contributed by atoms with Gasteiger partial charge in [-0.25, -0.2) is 0 Å². The largest absolute Gasteiger partial charge is 0.394 e. The third-order valence-corrected chi connectivity index (χ3v) is 5.81. The average Bonchev–Trinajstić information content (AvgIpc) is 2.75. The number of likely N-dealkylation sites (tertiary alicyclic amines) is 1. The number of carbonyl (C=O) groups is 1. The Morgan fingerprint density at radius 2 is 2.04 bits per heavy atom. The fraction of sp³-hybridized carbons (Fsp3) is 0.348. The molecule has 28 heavy (non-hydrogen) atoms. The van der Waals surface area contributed by atoms with Gasteiger partial charge in [-0.15, -0.1) is 0 Å². The van der Waals surface area contributed by atoms with Crippen LogP contribution in [0.3, 0.4) is 0 Å². The molecule has 1 amide bonds. The minimum Gasteiger partial charge on any atom is -0.394 e. The standard InChI is InChI=1S/C23H23N3O2/c24-14-20-22(18-11-5-4-10-17(18)16-8-2-1-3-9-16)21(15-27)26(20)23(28)19-12-6-7-13-25-19/h4-8,10-13,20-22,27H,1-3,9,15H2/t20-,21+,22+/m1/s1. The number of amides is 1. The molecule has 142 valence electrons. The van der Waals surface area contributed by atoms with E-state index in [0.29, 0.717) is 5.69 Å². The number of carbonyl (C=O) groups excluding carboxylic acids is 1. The van der Waals surface area contributed by atoms with Crippen molar-refractivity contribution in [3.63, 3.8) is 0 Å². The molecule has 0 bridgehead atoms. The van der Waals surface area contributed by atoms with Crippen molar-refractivity contribution in [2.24, 2.45) is 0 Å². The monoisotopic (exact) mass is 373 g/mol. The number of aromatic nitrogens is 1. The van der Waals surface area contributed by atoms with Crippen molar-refractivity contribution in [2.75, 3.05) is 6.61 Å². The fourth-order valence-corrected chi connectivity index (χ4v) is 4.44. The molecule has 2 aromatic rings. The van der Waals surface area contributed by atoms with Crippen molar-refractivity contribution in [1.29, 1.82) is 5.26 Å². The predicted molar refractivity (Wildman–Crippen MR) is 106 cm³/mol. The summed E-state index contributed by atoms with van der Waals surface area (Å²) >= 11 is 0. The first-order valence-corrected chi connectivity index (χ1v) is 9.78. The minimum atomic E-state index is -0.614. The van der Waals surface area contributed by atoms with E-state index in [9.17, 15) is 15.2 Å². The molecule has 5 nitrogen and oxygen atoms in total. The Morgan fingerprint density at radius 3 is 2.71 bits per heavy atom. The number of aliphatic hydroxyl groups excluding tert-OH is 1. The lowest BCUT2D eigenvalue weighted by Gasteiger charge is -2.52. The molecule has 2 aliphatic rings. The van der Waals surface area contributed by atoms with Crippen molar-refractivity contribution >= 4 is 11.5 Å². The van der Waals surface area contributed by atoms with Crippen LogP contribution in [0.15, 0.2) is 54.7 Å². The molecule has 1 fully saturated rings. The van der Waals surface area contributed by atoms with Gasteiger partial charge in [0, 0.05) is 12.1 Å². The van der Waals surface area contributed by atoms with Crippen LogP contribution in [-0.2, 0) is 0 Å². The lowest BCUT2D eigenvalue weighted by molar-refractivity contribution is -0.00636. The molecule has 1 saturated heterocycles. The number of rotatable bonds is 4. The molecule has 1 aliphatic heterocycles. The predicted octanol–water partition coefficient (Wildman–Crippen LogP) is 3.53. The Bertz CT molecular complexity index is 932. The highest BCUT2D eigenvalue weighted by Crippen LogP contribution is 2.44. The van der Waals surface area contributed by atoms with Crippen molar-refractivity contribution in [3.8, 4) is 6.07 Å². The van der Waals surface area contributed by atoms with Gasteiger partial charge in [-0.05, 0) is 54.5 Å². The summed E-state index contributed by atoms with van der Waals surface area (Å²) in [4.78, 5) is 18.5. The quantitative estimate of drug-likeness (QED) is 0.889. The second kappa shape index (κ2) is 7.95. The summed E-state index contributed by atoms with van der Waals surface area (Å²) < 4.78 is 0. The second-order valence-electron chi connectivity index (χ2n) is 7.34. The molecule has 4 rings (SSSR count). The average molecular weight is 373 g/mol. The summed E-state index contributed by atoms with van der Waals surface area (Å²) in [6.07, 6.45) is 8.32. The van der Waals surface area contributed by atoms with Gasteiger partial charge in [-0.2, -0.15) is 5.26 Å². The van der Waals surface area contributed by atoms with Crippen molar-refractivity contribution in [1.82, 2.24) is 9.88 Å². The molecule has 0 spiro atoms. The number of hydrogen-bond donors (Lipinski definition) is 1. The molecule has 1 N–H and O–H groups in total. The van der Waals surface area contributed by atoms with Gasteiger partial charge in [-0.3, -0.25) is 9.78 Å². The molecular weight excluding hydrogens is 350 g/mol. The lowest BCUT2D eigenvalue weighted by atomic mass is 9.72. The highest BCUT2D eigenvalue weighted by molar-refractivity contribution is 5.94. The van der Waals surface area contributed by atoms with Crippen LogP contribution >= 0.6 is 0 Å². The van der Waals surface area contributed by atoms with E-state index in [-0.39, 0.29) is 18.4 Å². The number of pyridine rings is 1. The topological polar surface area (TPSA) is 77.2 Å². The molecule has 2 heterocycles. The second-order valence-corrected chi connectivity index (χ2v) is 7.34. The maximum absolute atomic E-state index is 12.9. The van der Waals surface area contributed by atoms with E-state index >= 15 is 0 Å². The molecule has 1 aromatic carbocycles. The van der Waals surface area contributed by atoms with E-state index in [0.717, 1.165) is 24.0 Å². The maximum atomic E-state index is 12.9. The number of benzene rings is 1. The number of hydrogen-bond acceptors (Lipinski definition) is 4. The zero-order valence-electron chi connectivity index (χ0n) is 15.7. The van der Waals surface area contributed by atoms with Gasteiger partial charge in [0.15, 0.2) is 0 Å². The van der Waals surface area contributed by atoms with Gasteiger partial charge in [0.25, 0.3) is 5.91 Å². The van der Waals surface area contributed by atoms with Crippen LogP contribution in [0.1, 0.15) is 53.2 Å². The summed E-state index contributed by atoms with van der Waals surface area (Å²) in [5, 5.41) is 19.9. The van der Waals surface area contributed by atoms with Crippen LogP contribution in [-0.4, -0.2) is 39.6 Å². The molecule has 5 heteroatoms. The van der Waals surface area contributed by atoms with E-state index < -0.39 is 12.1 Å².